The van der Waals surface area contributed by atoms with E-state index >= 15 is 0 Å². The van der Waals surface area contributed by atoms with Gasteiger partial charge in [-0.3, -0.25) is 14.4 Å². The molecule has 0 atom stereocenters. The molecule has 2 aromatic carbocycles. The number of aryl methyl sites for hydroxylation is 1. The third-order valence-electron chi connectivity index (χ3n) is 4.96. The highest BCUT2D eigenvalue weighted by Gasteiger charge is 2.14. The number of amides is 3. The van der Waals surface area contributed by atoms with Crippen molar-refractivity contribution in [3.8, 4) is 0 Å². The number of aromatic nitrogens is 2. The molecule has 0 spiro atoms. The molecule has 0 aliphatic carbocycles. The highest BCUT2D eigenvalue weighted by molar-refractivity contribution is 7.99. The molecule has 0 saturated carbocycles. The smallest absolute Gasteiger partial charge is 0.255 e. The first kappa shape index (κ1) is 24.1. The maximum absolute atomic E-state index is 12.6. The van der Waals surface area contributed by atoms with E-state index in [1.54, 1.807) is 59.6 Å². The maximum Gasteiger partial charge on any atom is 0.255 e. The molecule has 33 heavy (non-hydrogen) atoms. The van der Waals surface area contributed by atoms with E-state index < -0.39 is 0 Å². The first-order valence-corrected chi connectivity index (χ1v) is 11.6. The molecule has 1 heterocycles. The Morgan fingerprint density at radius 1 is 0.970 bits per heavy atom. The minimum atomic E-state index is -0.300. The van der Waals surface area contributed by atoms with Gasteiger partial charge >= 0.3 is 0 Å². The number of hydrogen-bond acceptors (Lipinski definition) is 5. The number of nitrogens with one attached hydrogen (secondary N) is 2. The molecule has 3 rings (SSSR count). The second kappa shape index (κ2) is 11.3. The summed E-state index contributed by atoms with van der Waals surface area (Å²) >= 11 is 1.35. The highest BCUT2D eigenvalue weighted by Crippen LogP contribution is 2.17. The highest BCUT2D eigenvalue weighted by atomic mass is 32.2. The minimum absolute atomic E-state index is 0.0720. The van der Waals surface area contributed by atoms with Crippen LogP contribution in [0.15, 0.2) is 66.1 Å². The van der Waals surface area contributed by atoms with Gasteiger partial charge in [-0.15, -0.1) is 0 Å². The Balaban J connectivity index is 1.57. The van der Waals surface area contributed by atoms with Crippen molar-refractivity contribution < 1.29 is 14.4 Å². The van der Waals surface area contributed by atoms with Gasteiger partial charge in [0.1, 0.15) is 0 Å². The molecule has 0 bridgehead atoms. The molecule has 0 aliphatic rings. The first-order chi connectivity index (χ1) is 15.9. The number of nitrogens with zero attached hydrogens (tertiary/aromatic N) is 3. The van der Waals surface area contributed by atoms with Crippen LogP contribution >= 0.6 is 11.8 Å². The summed E-state index contributed by atoms with van der Waals surface area (Å²) < 4.78 is 1.85. The van der Waals surface area contributed by atoms with E-state index in [1.807, 2.05) is 31.7 Å². The van der Waals surface area contributed by atoms with Crippen molar-refractivity contribution in [2.75, 3.05) is 29.5 Å². The molecule has 1 aromatic heterocycles. The fraction of sp³-hybridized carbons (Fsp3) is 0.250. The van der Waals surface area contributed by atoms with Crippen LogP contribution < -0.4 is 10.6 Å². The molecule has 2 N–H and O–H groups in total. The Labute approximate surface area is 197 Å². The van der Waals surface area contributed by atoms with E-state index in [0.717, 1.165) is 5.16 Å². The lowest BCUT2D eigenvalue weighted by Crippen LogP contribution is -2.30. The van der Waals surface area contributed by atoms with Crippen LogP contribution in [-0.4, -0.2) is 51.0 Å². The Bertz CT molecular complexity index is 1120. The Hall–Kier alpha value is -3.59. The number of anilines is 2. The monoisotopic (exact) mass is 465 g/mol. The molecule has 8 nitrogen and oxygen atoms in total. The molecule has 172 valence electrons. The third kappa shape index (κ3) is 6.45. The van der Waals surface area contributed by atoms with Crippen LogP contribution in [0, 0.1) is 0 Å². The summed E-state index contributed by atoms with van der Waals surface area (Å²) in [6.07, 6.45) is 3.51. The summed E-state index contributed by atoms with van der Waals surface area (Å²) in [5, 5.41) is 6.39. The van der Waals surface area contributed by atoms with E-state index in [2.05, 4.69) is 15.6 Å². The van der Waals surface area contributed by atoms with Gasteiger partial charge in [0.25, 0.3) is 11.8 Å². The van der Waals surface area contributed by atoms with Gasteiger partial charge in [-0.25, -0.2) is 4.98 Å². The fourth-order valence-electron chi connectivity index (χ4n) is 3.15. The summed E-state index contributed by atoms with van der Waals surface area (Å²) in [5.41, 5.74) is 2.11. The summed E-state index contributed by atoms with van der Waals surface area (Å²) in [6, 6.07) is 13.5. The largest absolute Gasteiger partial charge is 0.339 e. The predicted molar refractivity (Wildman–Crippen MR) is 131 cm³/mol. The SMILES string of the molecule is CCN(CC)C(=O)c1cccc(NC(=O)c2ccc(NC(=O)CSc3nccn3C)cc2)c1. The van der Waals surface area contributed by atoms with Crippen LogP contribution in [0.3, 0.4) is 0 Å². The van der Waals surface area contributed by atoms with Gasteiger partial charge in [0.05, 0.1) is 5.75 Å². The lowest BCUT2D eigenvalue weighted by molar-refractivity contribution is -0.113. The van der Waals surface area contributed by atoms with E-state index in [9.17, 15) is 14.4 Å². The van der Waals surface area contributed by atoms with E-state index in [-0.39, 0.29) is 23.5 Å². The van der Waals surface area contributed by atoms with Crippen molar-refractivity contribution >= 4 is 40.9 Å². The molecule has 3 aromatic rings. The molecule has 0 saturated heterocycles. The van der Waals surface area contributed by atoms with Crippen LogP contribution in [0.1, 0.15) is 34.6 Å². The zero-order chi connectivity index (χ0) is 23.8. The van der Waals surface area contributed by atoms with E-state index in [1.165, 1.54) is 11.8 Å². The zero-order valence-corrected chi connectivity index (χ0v) is 19.7. The molecular formula is C24H27N5O3S. The van der Waals surface area contributed by atoms with E-state index in [0.29, 0.717) is 35.6 Å². The van der Waals surface area contributed by atoms with Gasteiger partial charge in [-0.1, -0.05) is 17.8 Å². The van der Waals surface area contributed by atoms with Crippen molar-refractivity contribution in [3.05, 3.63) is 72.1 Å². The van der Waals surface area contributed by atoms with Gasteiger partial charge < -0.3 is 20.1 Å². The average Bonchev–Trinajstić information content (AvgIpc) is 3.23. The molecule has 0 fully saturated rings. The Morgan fingerprint density at radius 2 is 1.70 bits per heavy atom. The molecule has 0 radical (unpaired) electrons. The molecular weight excluding hydrogens is 438 g/mol. The second-order valence-electron chi connectivity index (χ2n) is 7.25. The van der Waals surface area contributed by atoms with Crippen LogP contribution in [-0.2, 0) is 11.8 Å². The predicted octanol–water partition coefficient (Wildman–Crippen LogP) is 3.89. The lowest BCUT2D eigenvalue weighted by atomic mass is 10.1. The van der Waals surface area contributed by atoms with Crippen LogP contribution in [0.2, 0.25) is 0 Å². The number of imidazole rings is 1. The van der Waals surface area contributed by atoms with Crippen molar-refractivity contribution in [3.63, 3.8) is 0 Å². The fourth-order valence-corrected chi connectivity index (χ4v) is 3.88. The normalized spacial score (nSPS) is 10.5. The van der Waals surface area contributed by atoms with E-state index in [4.69, 9.17) is 0 Å². The Kier molecular flexibility index (Phi) is 8.26. The van der Waals surface area contributed by atoms with Gasteiger partial charge in [0.15, 0.2) is 5.16 Å². The zero-order valence-electron chi connectivity index (χ0n) is 18.9. The number of benzene rings is 2. The number of rotatable bonds is 9. The molecule has 0 aliphatic heterocycles. The average molecular weight is 466 g/mol. The van der Waals surface area contributed by atoms with Gasteiger partial charge in [-0.05, 0) is 56.3 Å². The van der Waals surface area contributed by atoms with Crippen molar-refractivity contribution in [1.82, 2.24) is 14.5 Å². The van der Waals surface area contributed by atoms with Gasteiger partial charge in [0, 0.05) is 55.0 Å². The number of carbonyl (C=O) groups is 3. The summed E-state index contributed by atoms with van der Waals surface area (Å²) in [5.74, 6) is -0.298. The quantitative estimate of drug-likeness (QED) is 0.468. The number of hydrogen-bond donors (Lipinski definition) is 2. The summed E-state index contributed by atoms with van der Waals surface area (Å²) in [4.78, 5) is 43.3. The van der Waals surface area contributed by atoms with Crippen molar-refractivity contribution in [2.24, 2.45) is 7.05 Å². The standard InChI is InChI=1S/C24H27N5O3S/c1-4-29(5-2)23(32)18-7-6-8-20(15-18)27-22(31)17-9-11-19(12-10-17)26-21(30)16-33-24-25-13-14-28(24)3/h6-15H,4-5,16H2,1-3H3,(H,26,30)(H,27,31). The van der Waals surface area contributed by atoms with Crippen molar-refractivity contribution in [2.45, 2.75) is 19.0 Å². The second-order valence-corrected chi connectivity index (χ2v) is 8.19. The van der Waals surface area contributed by atoms with Crippen LogP contribution in [0.4, 0.5) is 11.4 Å². The summed E-state index contributed by atoms with van der Waals surface area (Å²) in [6.45, 7) is 5.10. The topological polar surface area (TPSA) is 96.3 Å². The first-order valence-electron chi connectivity index (χ1n) is 10.6. The summed E-state index contributed by atoms with van der Waals surface area (Å²) in [7, 11) is 1.87. The van der Waals surface area contributed by atoms with Gasteiger partial charge in [-0.2, -0.15) is 0 Å². The molecule has 9 heteroatoms. The number of carbonyl (C=O) groups excluding carboxylic acids is 3. The Morgan fingerprint density at radius 3 is 2.33 bits per heavy atom. The maximum atomic E-state index is 12.6. The third-order valence-corrected chi connectivity index (χ3v) is 6.02. The number of thioether (sulfide) groups is 1. The molecule has 3 amide bonds. The lowest BCUT2D eigenvalue weighted by Gasteiger charge is -2.19. The van der Waals surface area contributed by atoms with Crippen LogP contribution in [0.25, 0.3) is 0 Å². The molecule has 0 unspecified atom stereocenters. The van der Waals surface area contributed by atoms with Crippen molar-refractivity contribution in [1.29, 1.82) is 0 Å². The minimum Gasteiger partial charge on any atom is -0.339 e. The van der Waals surface area contributed by atoms with Crippen LogP contribution in [0.5, 0.6) is 0 Å². The van der Waals surface area contributed by atoms with Gasteiger partial charge in [0.2, 0.25) is 5.91 Å².